The minimum Gasteiger partial charge on any atom is -0.503 e. The van der Waals surface area contributed by atoms with Gasteiger partial charge >= 0.3 is 0 Å². The Kier molecular flexibility index (Phi) is 5.79. The van der Waals surface area contributed by atoms with E-state index < -0.39 is 23.5 Å². The highest BCUT2D eigenvalue weighted by molar-refractivity contribution is 6.20. The summed E-state index contributed by atoms with van der Waals surface area (Å²) in [7, 11) is 0. The van der Waals surface area contributed by atoms with Gasteiger partial charge in [0, 0.05) is 11.1 Å². The fraction of sp³-hybridized carbons (Fsp3) is 0.138. The minimum atomic E-state index is -0.943. The summed E-state index contributed by atoms with van der Waals surface area (Å²) in [5, 5.41) is 20.9. The lowest BCUT2D eigenvalue weighted by molar-refractivity contribution is -0.117. The molecule has 4 aromatic rings. The number of fused-ring (bicyclic) bond motifs is 1. The highest BCUT2D eigenvalue weighted by Gasteiger charge is 2.45. The third-order valence-corrected chi connectivity index (χ3v) is 5.92. The maximum absolute atomic E-state index is 13.7. The maximum atomic E-state index is 13.7. The number of para-hydroxylation sites is 1. The zero-order valence-electron chi connectivity index (χ0n) is 19.6. The minimum absolute atomic E-state index is 0.0202. The van der Waals surface area contributed by atoms with Crippen LogP contribution in [0.5, 0.6) is 5.75 Å². The zero-order valence-corrected chi connectivity index (χ0v) is 19.6. The van der Waals surface area contributed by atoms with Gasteiger partial charge in [0.1, 0.15) is 11.3 Å². The van der Waals surface area contributed by atoms with E-state index in [0.717, 1.165) is 5.39 Å². The van der Waals surface area contributed by atoms with Crippen LogP contribution in [0.4, 0.5) is 5.69 Å². The van der Waals surface area contributed by atoms with E-state index in [9.17, 15) is 20.0 Å². The van der Waals surface area contributed by atoms with Crippen LogP contribution < -0.4 is 9.64 Å². The molecule has 5 rings (SSSR count). The second kappa shape index (κ2) is 9.08. The number of carbonyl (C=O) groups is 2. The number of rotatable bonds is 6. The van der Waals surface area contributed by atoms with Gasteiger partial charge in [-0.05, 0) is 67.9 Å². The molecule has 0 saturated carbocycles. The lowest BCUT2D eigenvalue weighted by Crippen LogP contribution is -2.31. The van der Waals surface area contributed by atoms with Gasteiger partial charge in [0.05, 0.1) is 29.4 Å². The molecule has 3 aromatic carbocycles. The Labute approximate surface area is 207 Å². The number of ketones is 1. The van der Waals surface area contributed by atoms with Crippen LogP contribution >= 0.6 is 0 Å². The van der Waals surface area contributed by atoms with Crippen LogP contribution in [0.3, 0.4) is 0 Å². The van der Waals surface area contributed by atoms with Gasteiger partial charge < -0.3 is 14.3 Å². The highest BCUT2D eigenvalue weighted by Crippen LogP contribution is 2.43. The summed E-state index contributed by atoms with van der Waals surface area (Å²) in [6.45, 7) is 3.80. The molecule has 0 spiro atoms. The first kappa shape index (κ1) is 22.9. The first-order chi connectivity index (χ1) is 17.4. The molecular weight excluding hydrogens is 456 g/mol. The SMILES string of the molecule is CC(C)Oc1cccc(C2C(C(=O)c3cc4ccccc4o3)=C(O)C(=O)N2c2ccc(C#N)cc2)c1. The summed E-state index contributed by atoms with van der Waals surface area (Å²) in [4.78, 5) is 28.4. The van der Waals surface area contributed by atoms with E-state index in [1.54, 1.807) is 66.7 Å². The quantitative estimate of drug-likeness (QED) is 0.347. The van der Waals surface area contributed by atoms with Gasteiger partial charge in [0.2, 0.25) is 5.78 Å². The number of hydrogen-bond acceptors (Lipinski definition) is 6. The summed E-state index contributed by atoms with van der Waals surface area (Å²) in [5.41, 5.74) is 1.86. The molecule has 1 aromatic heterocycles. The number of furan rings is 1. The molecule has 7 nitrogen and oxygen atoms in total. The highest BCUT2D eigenvalue weighted by atomic mass is 16.5. The summed E-state index contributed by atoms with van der Waals surface area (Å²) in [5.74, 6) is -1.37. The number of nitriles is 1. The molecule has 1 aliphatic rings. The molecule has 178 valence electrons. The number of aliphatic hydroxyl groups is 1. The lowest BCUT2D eigenvalue weighted by Gasteiger charge is -2.27. The van der Waals surface area contributed by atoms with Gasteiger partial charge in [-0.15, -0.1) is 0 Å². The predicted octanol–water partition coefficient (Wildman–Crippen LogP) is 5.87. The number of amides is 1. The van der Waals surface area contributed by atoms with Gasteiger partial charge in [-0.3, -0.25) is 14.5 Å². The molecule has 0 aliphatic carbocycles. The van der Waals surface area contributed by atoms with Gasteiger partial charge in [-0.2, -0.15) is 5.26 Å². The summed E-state index contributed by atoms with van der Waals surface area (Å²) in [6, 6.07) is 23.3. The van der Waals surface area contributed by atoms with Crippen molar-refractivity contribution in [1.29, 1.82) is 5.26 Å². The van der Waals surface area contributed by atoms with Crippen molar-refractivity contribution in [1.82, 2.24) is 0 Å². The molecule has 7 heteroatoms. The average molecular weight is 479 g/mol. The Morgan fingerprint density at radius 2 is 1.81 bits per heavy atom. The molecule has 0 radical (unpaired) electrons. The number of carbonyl (C=O) groups excluding carboxylic acids is 2. The van der Waals surface area contributed by atoms with Crippen molar-refractivity contribution in [3.8, 4) is 11.8 Å². The van der Waals surface area contributed by atoms with Gasteiger partial charge in [-0.25, -0.2) is 0 Å². The topological polar surface area (TPSA) is 104 Å². The molecule has 1 amide bonds. The van der Waals surface area contributed by atoms with E-state index in [1.807, 2.05) is 32.0 Å². The number of ether oxygens (including phenoxy) is 1. The molecule has 1 atom stereocenters. The number of anilines is 1. The summed E-state index contributed by atoms with van der Waals surface area (Å²) < 4.78 is 11.6. The molecular formula is C29H22N2O5. The normalized spacial score (nSPS) is 15.6. The van der Waals surface area contributed by atoms with Crippen molar-refractivity contribution in [3.63, 3.8) is 0 Å². The van der Waals surface area contributed by atoms with Crippen molar-refractivity contribution in [3.05, 3.63) is 107 Å². The molecule has 0 fully saturated rings. The van der Waals surface area contributed by atoms with Crippen LogP contribution in [0.25, 0.3) is 11.0 Å². The monoisotopic (exact) mass is 478 g/mol. The largest absolute Gasteiger partial charge is 0.503 e. The molecule has 1 unspecified atom stereocenters. The Morgan fingerprint density at radius 1 is 1.06 bits per heavy atom. The Bertz CT molecular complexity index is 1520. The lowest BCUT2D eigenvalue weighted by atomic mass is 9.94. The fourth-order valence-corrected chi connectivity index (χ4v) is 4.37. The summed E-state index contributed by atoms with van der Waals surface area (Å²) in [6.07, 6.45) is -0.0827. The van der Waals surface area contributed by atoms with Crippen LogP contribution in [0, 0.1) is 11.3 Å². The van der Waals surface area contributed by atoms with Crippen LogP contribution in [0.1, 0.15) is 41.6 Å². The molecule has 2 heterocycles. The third kappa shape index (κ3) is 3.99. The molecule has 0 bridgehead atoms. The third-order valence-electron chi connectivity index (χ3n) is 5.92. The van der Waals surface area contributed by atoms with Crippen LogP contribution in [-0.2, 0) is 4.79 Å². The van der Waals surface area contributed by atoms with Crippen molar-refractivity contribution in [2.24, 2.45) is 0 Å². The van der Waals surface area contributed by atoms with E-state index >= 15 is 0 Å². The fourth-order valence-electron chi connectivity index (χ4n) is 4.37. The number of hydrogen-bond donors (Lipinski definition) is 1. The molecule has 0 saturated heterocycles. The van der Waals surface area contributed by atoms with E-state index in [1.165, 1.54) is 4.90 Å². The van der Waals surface area contributed by atoms with E-state index in [-0.39, 0.29) is 17.4 Å². The molecule has 1 N–H and O–H groups in total. The smallest absolute Gasteiger partial charge is 0.294 e. The number of benzene rings is 3. The average Bonchev–Trinajstić information content (AvgIpc) is 3.43. The van der Waals surface area contributed by atoms with E-state index in [0.29, 0.717) is 28.1 Å². The number of nitrogens with zero attached hydrogens (tertiary/aromatic N) is 2. The predicted molar refractivity (Wildman–Crippen MR) is 134 cm³/mol. The first-order valence-corrected chi connectivity index (χ1v) is 11.4. The van der Waals surface area contributed by atoms with Crippen LogP contribution in [0.15, 0.2) is 94.6 Å². The van der Waals surface area contributed by atoms with E-state index in [4.69, 9.17) is 9.15 Å². The van der Waals surface area contributed by atoms with Crippen molar-refractivity contribution in [2.75, 3.05) is 4.90 Å². The van der Waals surface area contributed by atoms with E-state index in [2.05, 4.69) is 0 Å². The number of Topliss-reactive ketones (excluding diaryl/α,β-unsaturated/α-hetero) is 1. The molecule has 36 heavy (non-hydrogen) atoms. The van der Waals surface area contributed by atoms with Crippen LogP contribution in [0.2, 0.25) is 0 Å². The zero-order chi connectivity index (χ0) is 25.4. The molecule has 1 aliphatic heterocycles. The van der Waals surface area contributed by atoms with Gasteiger partial charge in [0.25, 0.3) is 5.91 Å². The van der Waals surface area contributed by atoms with Gasteiger partial charge in [-0.1, -0.05) is 30.3 Å². The van der Waals surface area contributed by atoms with Crippen molar-refractivity contribution in [2.45, 2.75) is 26.0 Å². The standard InChI is InChI=1S/C29H22N2O5/c1-17(2)35-22-8-5-7-20(14-22)26-25(27(32)24-15-19-6-3-4-9-23(19)36-24)28(33)29(34)31(26)21-12-10-18(16-30)11-13-21/h3-15,17,26,33H,1-2H3. The maximum Gasteiger partial charge on any atom is 0.294 e. The second-order valence-corrected chi connectivity index (χ2v) is 8.72. The van der Waals surface area contributed by atoms with Crippen molar-refractivity contribution >= 4 is 28.3 Å². The second-order valence-electron chi connectivity index (χ2n) is 8.72. The Hall–Kier alpha value is -4.83. The Morgan fingerprint density at radius 3 is 2.50 bits per heavy atom. The number of aliphatic hydroxyl groups excluding tert-OH is 1. The Balaban J connectivity index is 1.65. The van der Waals surface area contributed by atoms with Crippen molar-refractivity contribution < 1.29 is 23.8 Å². The first-order valence-electron chi connectivity index (χ1n) is 11.4. The van der Waals surface area contributed by atoms with Crippen LogP contribution in [-0.4, -0.2) is 22.9 Å². The van der Waals surface area contributed by atoms with Gasteiger partial charge in [0.15, 0.2) is 11.5 Å². The summed E-state index contributed by atoms with van der Waals surface area (Å²) >= 11 is 0.